The second-order valence-corrected chi connectivity index (χ2v) is 5.23. The van der Waals surface area contributed by atoms with Crippen molar-refractivity contribution in [3.63, 3.8) is 0 Å². The summed E-state index contributed by atoms with van der Waals surface area (Å²) >= 11 is 1.76. The zero-order chi connectivity index (χ0) is 13.1. The largest absolute Gasteiger partial charge is 0.497 e. The summed E-state index contributed by atoms with van der Waals surface area (Å²) in [5.74, 6) is 2.58. The third-order valence-corrected chi connectivity index (χ3v) is 4.24. The third kappa shape index (κ3) is 2.41. The molecule has 18 heavy (non-hydrogen) atoms. The maximum Gasteiger partial charge on any atom is 0.220 e. The van der Waals surface area contributed by atoms with Gasteiger partial charge in [0.1, 0.15) is 16.9 Å². The van der Waals surface area contributed by atoms with Gasteiger partial charge < -0.3 is 14.4 Å². The van der Waals surface area contributed by atoms with Crippen LogP contribution in [-0.2, 0) is 4.79 Å². The molecule has 1 heterocycles. The Balaban J connectivity index is 2.35. The lowest BCUT2D eigenvalue weighted by Crippen LogP contribution is -2.28. The van der Waals surface area contributed by atoms with Crippen LogP contribution in [0.15, 0.2) is 18.2 Å². The highest BCUT2D eigenvalue weighted by Gasteiger charge is 2.30. The summed E-state index contributed by atoms with van der Waals surface area (Å²) in [6, 6.07) is 5.72. The molecule has 1 fully saturated rings. The predicted molar refractivity (Wildman–Crippen MR) is 72.1 cm³/mol. The SMILES string of the molecule is COc1ccc(C2SCCN2C(C)=O)c(OC)c1. The zero-order valence-corrected chi connectivity index (χ0v) is 11.6. The summed E-state index contributed by atoms with van der Waals surface area (Å²) in [6.45, 7) is 2.40. The molecule has 1 unspecified atom stereocenters. The lowest BCUT2D eigenvalue weighted by Gasteiger charge is -2.24. The van der Waals surface area contributed by atoms with E-state index in [9.17, 15) is 4.79 Å². The predicted octanol–water partition coefficient (Wildman–Crippen LogP) is 2.30. The van der Waals surface area contributed by atoms with Crippen LogP contribution in [0.4, 0.5) is 0 Å². The molecule has 0 aliphatic carbocycles. The number of methoxy groups -OCH3 is 2. The van der Waals surface area contributed by atoms with Crippen LogP contribution < -0.4 is 9.47 Å². The van der Waals surface area contributed by atoms with Crippen LogP contribution in [0.3, 0.4) is 0 Å². The number of amides is 1. The van der Waals surface area contributed by atoms with Crippen LogP contribution in [0, 0.1) is 0 Å². The standard InChI is InChI=1S/C13H17NO3S/c1-9(15)14-6-7-18-13(14)11-5-4-10(16-2)8-12(11)17-3/h4-5,8,13H,6-7H2,1-3H3. The second-order valence-electron chi connectivity index (χ2n) is 4.04. The Morgan fingerprint density at radius 3 is 2.78 bits per heavy atom. The number of thioether (sulfide) groups is 1. The van der Waals surface area contributed by atoms with Crippen LogP contribution >= 0.6 is 11.8 Å². The molecule has 98 valence electrons. The van der Waals surface area contributed by atoms with E-state index in [0.29, 0.717) is 0 Å². The number of benzene rings is 1. The molecule has 2 rings (SSSR count). The average molecular weight is 267 g/mol. The minimum Gasteiger partial charge on any atom is -0.497 e. The minimum atomic E-state index is 0.0448. The highest BCUT2D eigenvalue weighted by Crippen LogP contribution is 2.42. The van der Waals surface area contributed by atoms with Gasteiger partial charge in [-0.1, -0.05) is 0 Å². The summed E-state index contributed by atoms with van der Waals surface area (Å²) < 4.78 is 10.6. The van der Waals surface area contributed by atoms with Gasteiger partial charge in [0.25, 0.3) is 0 Å². The molecule has 4 nitrogen and oxygen atoms in total. The molecule has 5 heteroatoms. The Morgan fingerprint density at radius 1 is 1.39 bits per heavy atom. The van der Waals surface area contributed by atoms with E-state index < -0.39 is 0 Å². The minimum absolute atomic E-state index is 0.0448. The van der Waals surface area contributed by atoms with Gasteiger partial charge in [-0.3, -0.25) is 4.79 Å². The Kier molecular flexibility index (Phi) is 4.01. The number of hydrogen-bond acceptors (Lipinski definition) is 4. The molecule has 1 aliphatic rings. The summed E-state index contributed by atoms with van der Waals surface area (Å²) in [6.07, 6.45) is 0. The topological polar surface area (TPSA) is 38.8 Å². The third-order valence-electron chi connectivity index (χ3n) is 3.00. The van der Waals surface area contributed by atoms with Crippen molar-refractivity contribution in [2.75, 3.05) is 26.5 Å². The van der Waals surface area contributed by atoms with Crippen LogP contribution in [-0.4, -0.2) is 37.3 Å². The van der Waals surface area contributed by atoms with E-state index in [2.05, 4.69) is 0 Å². The molecule has 1 atom stereocenters. The molecule has 0 spiro atoms. The molecular formula is C13H17NO3S. The van der Waals surface area contributed by atoms with Crippen molar-refractivity contribution in [2.24, 2.45) is 0 Å². The zero-order valence-electron chi connectivity index (χ0n) is 10.8. The van der Waals surface area contributed by atoms with E-state index in [4.69, 9.17) is 9.47 Å². The Morgan fingerprint density at radius 2 is 2.17 bits per heavy atom. The van der Waals surface area contributed by atoms with Crippen molar-refractivity contribution in [2.45, 2.75) is 12.3 Å². The normalized spacial score (nSPS) is 18.8. The molecular weight excluding hydrogens is 250 g/mol. The number of nitrogens with zero attached hydrogens (tertiary/aromatic N) is 1. The lowest BCUT2D eigenvalue weighted by atomic mass is 10.1. The van der Waals surface area contributed by atoms with Crippen molar-refractivity contribution in [1.29, 1.82) is 0 Å². The fourth-order valence-electron chi connectivity index (χ4n) is 2.07. The van der Waals surface area contributed by atoms with Gasteiger partial charge >= 0.3 is 0 Å². The number of rotatable bonds is 3. The number of ether oxygens (including phenoxy) is 2. The van der Waals surface area contributed by atoms with E-state index in [-0.39, 0.29) is 11.3 Å². The quantitative estimate of drug-likeness (QED) is 0.842. The van der Waals surface area contributed by atoms with Gasteiger partial charge in [0.2, 0.25) is 5.91 Å². The monoisotopic (exact) mass is 267 g/mol. The average Bonchev–Trinajstić information content (AvgIpc) is 2.87. The number of carbonyl (C=O) groups is 1. The molecule has 1 saturated heterocycles. The first-order chi connectivity index (χ1) is 8.67. The van der Waals surface area contributed by atoms with E-state index in [1.54, 1.807) is 32.9 Å². The fourth-order valence-corrected chi connectivity index (χ4v) is 3.41. The first-order valence-corrected chi connectivity index (χ1v) is 6.83. The summed E-state index contributed by atoms with van der Waals surface area (Å²) in [5, 5.41) is 0.0448. The summed E-state index contributed by atoms with van der Waals surface area (Å²) in [7, 11) is 3.26. The lowest BCUT2D eigenvalue weighted by molar-refractivity contribution is -0.128. The van der Waals surface area contributed by atoms with Crippen molar-refractivity contribution in [1.82, 2.24) is 4.90 Å². The van der Waals surface area contributed by atoms with Crippen LogP contribution in [0.25, 0.3) is 0 Å². The maximum atomic E-state index is 11.6. The Hall–Kier alpha value is -1.36. The van der Waals surface area contributed by atoms with E-state index in [1.807, 2.05) is 23.1 Å². The van der Waals surface area contributed by atoms with Gasteiger partial charge in [-0.2, -0.15) is 0 Å². The van der Waals surface area contributed by atoms with Crippen molar-refractivity contribution in [3.05, 3.63) is 23.8 Å². The second kappa shape index (κ2) is 5.52. The van der Waals surface area contributed by atoms with Gasteiger partial charge in [0.15, 0.2) is 0 Å². The molecule has 0 radical (unpaired) electrons. The van der Waals surface area contributed by atoms with E-state index >= 15 is 0 Å². The maximum absolute atomic E-state index is 11.6. The van der Waals surface area contributed by atoms with Crippen LogP contribution in [0.1, 0.15) is 17.9 Å². The van der Waals surface area contributed by atoms with Crippen molar-refractivity contribution in [3.8, 4) is 11.5 Å². The van der Waals surface area contributed by atoms with Gasteiger partial charge in [0, 0.05) is 30.9 Å². The highest BCUT2D eigenvalue weighted by molar-refractivity contribution is 7.99. The first kappa shape index (κ1) is 13.1. The summed E-state index contributed by atoms with van der Waals surface area (Å²) in [5.41, 5.74) is 1.02. The smallest absolute Gasteiger partial charge is 0.220 e. The highest BCUT2D eigenvalue weighted by atomic mass is 32.2. The van der Waals surface area contributed by atoms with Gasteiger partial charge in [-0.05, 0) is 12.1 Å². The van der Waals surface area contributed by atoms with Gasteiger partial charge in [0.05, 0.1) is 14.2 Å². The van der Waals surface area contributed by atoms with E-state index in [1.165, 1.54) is 0 Å². The summed E-state index contributed by atoms with van der Waals surface area (Å²) in [4.78, 5) is 13.5. The molecule has 1 amide bonds. The van der Waals surface area contributed by atoms with E-state index in [0.717, 1.165) is 29.4 Å². The van der Waals surface area contributed by atoms with Crippen LogP contribution in [0.2, 0.25) is 0 Å². The molecule has 1 aromatic rings. The Bertz CT molecular complexity index is 450. The molecule has 1 aromatic carbocycles. The Labute approximate surface area is 111 Å². The molecule has 0 bridgehead atoms. The molecule has 0 aromatic heterocycles. The van der Waals surface area contributed by atoms with Crippen molar-refractivity contribution >= 4 is 17.7 Å². The first-order valence-electron chi connectivity index (χ1n) is 5.78. The van der Waals surface area contributed by atoms with Gasteiger partial charge in [-0.15, -0.1) is 11.8 Å². The van der Waals surface area contributed by atoms with Crippen LogP contribution in [0.5, 0.6) is 11.5 Å². The number of carbonyl (C=O) groups excluding carboxylic acids is 1. The number of hydrogen-bond donors (Lipinski definition) is 0. The fraction of sp³-hybridized carbons (Fsp3) is 0.462. The van der Waals surface area contributed by atoms with Gasteiger partial charge in [-0.25, -0.2) is 0 Å². The van der Waals surface area contributed by atoms with Crippen molar-refractivity contribution < 1.29 is 14.3 Å². The molecule has 0 N–H and O–H groups in total. The molecule has 1 aliphatic heterocycles. The molecule has 0 saturated carbocycles.